The molecule has 1 amide bonds. The summed E-state index contributed by atoms with van der Waals surface area (Å²) in [6.07, 6.45) is 0. The van der Waals surface area contributed by atoms with E-state index in [1.807, 2.05) is 39.1 Å². The number of hydrogen-bond donors (Lipinski definition) is 1. The fourth-order valence-corrected chi connectivity index (χ4v) is 3.58. The third kappa shape index (κ3) is 5.65. The monoisotopic (exact) mass is 450 g/mol. The minimum Gasteiger partial charge on any atom is -0.484 e. The van der Waals surface area contributed by atoms with Crippen LogP contribution < -0.4 is 10.1 Å². The van der Waals surface area contributed by atoms with Gasteiger partial charge in [-0.05, 0) is 43.2 Å². The number of hydrogen-bond acceptors (Lipinski definition) is 5. The van der Waals surface area contributed by atoms with E-state index in [2.05, 4.69) is 15.5 Å². The van der Waals surface area contributed by atoms with Crippen LogP contribution in [0.1, 0.15) is 17.0 Å². The Balaban J connectivity index is 1.57. The minimum absolute atomic E-state index is 0.102. The average Bonchev–Trinajstić information content (AvgIpc) is 3.03. The van der Waals surface area contributed by atoms with Crippen LogP contribution in [0.4, 0.5) is 5.69 Å². The van der Waals surface area contributed by atoms with Gasteiger partial charge in [-0.25, -0.2) is 0 Å². The van der Waals surface area contributed by atoms with Gasteiger partial charge in [0.2, 0.25) is 5.91 Å². The Hall–Kier alpha value is -2.22. The highest BCUT2D eigenvalue weighted by Gasteiger charge is 2.13. The highest BCUT2D eigenvalue weighted by molar-refractivity contribution is 7.99. The molecule has 0 aliphatic heterocycles. The molecule has 9 heteroatoms. The van der Waals surface area contributed by atoms with Crippen molar-refractivity contribution in [1.29, 1.82) is 0 Å². The van der Waals surface area contributed by atoms with Gasteiger partial charge in [0.05, 0.1) is 10.8 Å². The smallest absolute Gasteiger partial charge is 0.234 e. The van der Waals surface area contributed by atoms with Crippen LogP contribution >= 0.6 is 35.0 Å². The topological polar surface area (TPSA) is 69.0 Å². The predicted octanol–water partition coefficient (Wildman–Crippen LogP) is 5.05. The van der Waals surface area contributed by atoms with E-state index in [0.29, 0.717) is 26.8 Å². The molecule has 0 radical (unpaired) electrons. The van der Waals surface area contributed by atoms with Crippen molar-refractivity contribution in [3.63, 3.8) is 0 Å². The Morgan fingerprint density at radius 1 is 1.17 bits per heavy atom. The zero-order chi connectivity index (χ0) is 21.0. The Morgan fingerprint density at radius 2 is 1.97 bits per heavy atom. The van der Waals surface area contributed by atoms with Gasteiger partial charge in [0.15, 0.2) is 11.0 Å². The van der Waals surface area contributed by atoms with Gasteiger partial charge in [-0.15, -0.1) is 10.2 Å². The molecular weight excluding hydrogens is 431 g/mol. The number of rotatable bonds is 7. The van der Waals surface area contributed by atoms with E-state index in [4.69, 9.17) is 27.9 Å². The number of nitrogens with one attached hydrogen (secondary N) is 1. The van der Waals surface area contributed by atoms with Gasteiger partial charge in [-0.3, -0.25) is 4.79 Å². The van der Waals surface area contributed by atoms with Crippen molar-refractivity contribution in [2.24, 2.45) is 7.05 Å². The molecule has 1 heterocycles. The highest BCUT2D eigenvalue weighted by Crippen LogP contribution is 2.28. The molecule has 0 unspecified atom stereocenters. The number of aryl methyl sites for hydroxylation is 2. The lowest BCUT2D eigenvalue weighted by Crippen LogP contribution is -2.15. The normalized spacial score (nSPS) is 10.8. The summed E-state index contributed by atoms with van der Waals surface area (Å²) >= 11 is 13.4. The van der Waals surface area contributed by atoms with Crippen LogP contribution in [0.25, 0.3) is 0 Å². The van der Waals surface area contributed by atoms with Crippen molar-refractivity contribution in [2.75, 3.05) is 11.1 Å². The number of halogens is 2. The molecule has 0 aliphatic carbocycles. The fraction of sp³-hybridized carbons (Fsp3) is 0.250. The van der Waals surface area contributed by atoms with Gasteiger partial charge < -0.3 is 14.6 Å². The molecule has 0 spiro atoms. The molecular formula is C20H20Cl2N4O2S. The molecule has 3 rings (SSSR count). The SMILES string of the molecule is Cc1ccc(C)c(NC(=O)CSc2nnc(COc3cc(Cl)ccc3Cl)n2C)c1. The van der Waals surface area contributed by atoms with Crippen LogP contribution in [0.15, 0.2) is 41.6 Å². The lowest BCUT2D eigenvalue weighted by Gasteiger charge is -2.10. The Kier molecular flexibility index (Phi) is 7.05. The zero-order valence-electron chi connectivity index (χ0n) is 16.2. The lowest BCUT2D eigenvalue weighted by atomic mass is 10.1. The molecule has 1 aromatic heterocycles. The van der Waals surface area contributed by atoms with Gasteiger partial charge in [-0.2, -0.15) is 0 Å². The summed E-state index contributed by atoms with van der Waals surface area (Å²) < 4.78 is 7.48. The maximum absolute atomic E-state index is 12.3. The molecule has 3 aromatic rings. The van der Waals surface area contributed by atoms with Crippen LogP contribution in [0, 0.1) is 13.8 Å². The van der Waals surface area contributed by atoms with E-state index in [9.17, 15) is 4.79 Å². The molecule has 0 saturated carbocycles. The van der Waals surface area contributed by atoms with Crippen molar-refractivity contribution in [3.8, 4) is 5.75 Å². The number of anilines is 1. The first-order valence-corrected chi connectivity index (χ1v) is 10.5. The number of nitrogens with zero attached hydrogens (tertiary/aromatic N) is 3. The summed E-state index contributed by atoms with van der Waals surface area (Å²) in [7, 11) is 1.82. The van der Waals surface area contributed by atoms with Gasteiger partial charge in [-0.1, -0.05) is 47.1 Å². The van der Waals surface area contributed by atoms with E-state index in [0.717, 1.165) is 16.8 Å². The Bertz CT molecular complexity index is 1040. The second-order valence-corrected chi connectivity index (χ2v) is 8.26. The van der Waals surface area contributed by atoms with E-state index in [1.54, 1.807) is 22.8 Å². The van der Waals surface area contributed by atoms with Crippen LogP contribution in [0.3, 0.4) is 0 Å². The minimum atomic E-state index is -0.102. The first-order valence-electron chi connectivity index (χ1n) is 8.79. The summed E-state index contributed by atoms with van der Waals surface area (Å²) in [4.78, 5) is 12.3. The summed E-state index contributed by atoms with van der Waals surface area (Å²) in [5.74, 6) is 1.21. The van der Waals surface area contributed by atoms with Gasteiger partial charge >= 0.3 is 0 Å². The number of ether oxygens (including phenoxy) is 1. The van der Waals surface area contributed by atoms with Crippen LogP contribution in [-0.4, -0.2) is 26.4 Å². The maximum atomic E-state index is 12.3. The second-order valence-electron chi connectivity index (χ2n) is 6.48. The standard InChI is InChI=1S/C20H20Cl2N4O2S/c1-12-4-5-13(2)16(8-12)23-19(27)11-29-20-25-24-18(26(20)3)10-28-17-9-14(21)6-7-15(17)22/h4-9H,10-11H2,1-3H3,(H,23,27). The third-order valence-corrected chi connectivity index (χ3v) is 5.74. The highest BCUT2D eigenvalue weighted by atomic mass is 35.5. The number of thioether (sulfide) groups is 1. The van der Waals surface area contributed by atoms with E-state index in [1.165, 1.54) is 11.8 Å². The lowest BCUT2D eigenvalue weighted by molar-refractivity contribution is -0.113. The van der Waals surface area contributed by atoms with Crippen LogP contribution in [-0.2, 0) is 18.4 Å². The molecule has 0 saturated heterocycles. The summed E-state index contributed by atoms with van der Waals surface area (Å²) in [6, 6.07) is 11.0. The van der Waals surface area contributed by atoms with Crippen molar-refractivity contribution < 1.29 is 9.53 Å². The van der Waals surface area contributed by atoms with E-state index in [-0.39, 0.29) is 18.3 Å². The first kappa shape index (κ1) is 21.5. The summed E-state index contributed by atoms with van der Waals surface area (Å²) in [5, 5.41) is 12.8. The summed E-state index contributed by atoms with van der Waals surface area (Å²) in [6.45, 7) is 4.13. The van der Waals surface area contributed by atoms with E-state index < -0.39 is 0 Å². The maximum Gasteiger partial charge on any atom is 0.234 e. The molecule has 0 bridgehead atoms. The first-order chi connectivity index (χ1) is 13.8. The Labute approximate surface area is 183 Å². The molecule has 0 atom stereocenters. The van der Waals surface area contributed by atoms with Gasteiger partial charge in [0.1, 0.15) is 12.4 Å². The fourth-order valence-electron chi connectivity index (χ4n) is 2.51. The molecule has 1 N–H and O–H groups in total. The summed E-state index contributed by atoms with van der Waals surface area (Å²) in [5.41, 5.74) is 2.93. The predicted molar refractivity (Wildman–Crippen MR) is 117 cm³/mol. The molecule has 0 fully saturated rings. The largest absolute Gasteiger partial charge is 0.484 e. The third-order valence-electron chi connectivity index (χ3n) is 4.17. The van der Waals surface area contributed by atoms with Crippen molar-refractivity contribution in [2.45, 2.75) is 25.6 Å². The zero-order valence-corrected chi connectivity index (χ0v) is 18.5. The molecule has 6 nitrogen and oxygen atoms in total. The number of carbonyl (C=O) groups is 1. The van der Waals surface area contributed by atoms with Crippen molar-refractivity contribution >= 4 is 46.6 Å². The molecule has 152 valence electrons. The quantitative estimate of drug-likeness (QED) is 0.510. The molecule has 0 aliphatic rings. The number of benzene rings is 2. The second kappa shape index (κ2) is 9.52. The number of aromatic nitrogens is 3. The number of amides is 1. The molecule has 2 aromatic carbocycles. The van der Waals surface area contributed by atoms with Crippen molar-refractivity contribution in [3.05, 3.63) is 63.4 Å². The average molecular weight is 451 g/mol. The number of carbonyl (C=O) groups excluding carboxylic acids is 1. The van der Waals surface area contributed by atoms with Crippen LogP contribution in [0.5, 0.6) is 5.75 Å². The van der Waals surface area contributed by atoms with Crippen LogP contribution in [0.2, 0.25) is 10.0 Å². The van der Waals surface area contributed by atoms with E-state index >= 15 is 0 Å². The molecule has 29 heavy (non-hydrogen) atoms. The van der Waals surface area contributed by atoms with Gasteiger partial charge in [0, 0.05) is 23.8 Å². The van der Waals surface area contributed by atoms with Crippen molar-refractivity contribution in [1.82, 2.24) is 14.8 Å². The Morgan fingerprint density at radius 3 is 2.76 bits per heavy atom. The van der Waals surface area contributed by atoms with Gasteiger partial charge in [0.25, 0.3) is 0 Å².